The molecule has 0 aromatic rings. The third-order valence-corrected chi connectivity index (χ3v) is 3.34. The third kappa shape index (κ3) is 16.2. The summed E-state index contributed by atoms with van der Waals surface area (Å²) in [5.41, 5.74) is 0. The highest BCUT2D eigenvalue weighted by Crippen LogP contribution is 2.43. The zero-order valence-corrected chi connectivity index (χ0v) is 14.0. The second-order valence-corrected chi connectivity index (χ2v) is 5.77. The zero-order chi connectivity index (χ0) is 15.8. The van der Waals surface area contributed by atoms with E-state index in [9.17, 15) is 9.46 Å². The first-order valence-electron chi connectivity index (χ1n) is 7.56. The fraction of sp³-hybridized carbons (Fsp3) is 1.00. The maximum atomic E-state index is 11.4. The molecule has 1 N–H and O–H groups in total. The van der Waals surface area contributed by atoms with Gasteiger partial charge in [0.25, 0.3) is 0 Å². The summed E-state index contributed by atoms with van der Waals surface area (Å²) in [5.74, 6) is 0. The van der Waals surface area contributed by atoms with Gasteiger partial charge < -0.3 is 14.4 Å². The summed E-state index contributed by atoms with van der Waals surface area (Å²) in [4.78, 5) is 14.0. The van der Waals surface area contributed by atoms with Gasteiger partial charge in [0, 0.05) is 6.61 Å². The van der Waals surface area contributed by atoms with Crippen molar-refractivity contribution in [1.82, 2.24) is 0 Å². The summed E-state index contributed by atoms with van der Waals surface area (Å²) in [6, 6.07) is 0. The second kappa shape index (κ2) is 14.9. The number of unbranched alkanes of at least 4 members (excludes halogenated alkanes) is 4. The van der Waals surface area contributed by atoms with Crippen molar-refractivity contribution in [3.05, 3.63) is 0 Å². The van der Waals surface area contributed by atoms with Crippen LogP contribution in [0.2, 0.25) is 0 Å². The van der Waals surface area contributed by atoms with Crippen LogP contribution < -0.4 is 0 Å². The van der Waals surface area contributed by atoms with E-state index in [0.717, 1.165) is 19.3 Å². The highest BCUT2D eigenvalue weighted by Gasteiger charge is 2.22. The number of hydrogen-bond donors (Lipinski definition) is 1. The molecule has 0 heterocycles. The van der Waals surface area contributed by atoms with Crippen molar-refractivity contribution < 1.29 is 33.0 Å². The molecule has 0 fully saturated rings. The van der Waals surface area contributed by atoms with Crippen molar-refractivity contribution in [1.29, 1.82) is 0 Å². The predicted molar refractivity (Wildman–Crippen MR) is 78.9 cm³/mol. The van der Waals surface area contributed by atoms with E-state index in [2.05, 4.69) is 21.0 Å². The van der Waals surface area contributed by atoms with Gasteiger partial charge in [-0.05, 0) is 13.3 Å². The molecule has 128 valence electrons. The maximum Gasteiger partial charge on any atom is 0.499 e. The lowest BCUT2D eigenvalue weighted by Crippen LogP contribution is -2.09. The average molecular weight is 328 g/mol. The molecule has 0 spiro atoms. The fourth-order valence-electron chi connectivity index (χ4n) is 1.47. The van der Waals surface area contributed by atoms with E-state index in [4.69, 9.17) is 9.47 Å². The number of rotatable bonds is 16. The van der Waals surface area contributed by atoms with Crippen LogP contribution in [0.4, 0.5) is 0 Å². The number of phosphoric ester groups is 1. The third-order valence-electron chi connectivity index (χ3n) is 2.54. The van der Waals surface area contributed by atoms with Crippen LogP contribution in [0.15, 0.2) is 0 Å². The molecule has 0 saturated carbocycles. The van der Waals surface area contributed by atoms with Crippen molar-refractivity contribution >= 4 is 7.82 Å². The summed E-state index contributed by atoms with van der Waals surface area (Å²) < 4.78 is 30.7. The van der Waals surface area contributed by atoms with E-state index in [0.29, 0.717) is 19.8 Å². The lowest BCUT2D eigenvalue weighted by Gasteiger charge is -2.11. The van der Waals surface area contributed by atoms with Crippen molar-refractivity contribution in [3.63, 3.8) is 0 Å². The van der Waals surface area contributed by atoms with Crippen LogP contribution in [0, 0.1) is 0 Å². The van der Waals surface area contributed by atoms with E-state index >= 15 is 0 Å². The molecule has 0 aliphatic heterocycles. The van der Waals surface area contributed by atoms with Gasteiger partial charge in [-0.15, -0.1) is 4.67 Å². The smallest absolute Gasteiger partial charge is 0.379 e. The lowest BCUT2D eigenvalue weighted by atomic mass is 10.2. The Morgan fingerprint density at radius 3 is 2.24 bits per heavy atom. The molecule has 0 amide bonds. The molecule has 0 bridgehead atoms. The molecule has 1 unspecified atom stereocenters. The van der Waals surface area contributed by atoms with E-state index in [1.165, 1.54) is 12.8 Å². The van der Waals surface area contributed by atoms with Crippen LogP contribution in [0.25, 0.3) is 0 Å². The molecule has 0 aromatic heterocycles. The standard InChI is InChI=1S/C13H29O7P/c1-3-5-6-7-8-9-18-20-21(14,15)19-13-12-17-11-10-16-4-2/h3-13H2,1-2H3,(H,14,15). The van der Waals surface area contributed by atoms with Crippen LogP contribution in [-0.4, -0.2) is 44.5 Å². The average Bonchev–Trinajstić information content (AvgIpc) is 2.45. The number of phosphoric acid groups is 1. The van der Waals surface area contributed by atoms with E-state index < -0.39 is 7.82 Å². The number of hydrogen-bond acceptors (Lipinski definition) is 6. The van der Waals surface area contributed by atoms with Gasteiger partial charge in [-0.1, -0.05) is 32.6 Å². The molecule has 0 radical (unpaired) electrons. The molecular formula is C13H29O7P. The molecular weight excluding hydrogens is 299 g/mol. The zero-order valence-electron chi connectivity index (χ0n) is 13.1. The molecule has 21 heavy (non-hydrogen) atoms. The highest BCUT2D eigenvalue weighted by molar-refractivity contribution is 7.47. The summed E-state index contributed by atoms with van der Waals surface area (Å²) in [5, 5.41) is 0. The minimum Gasteiger partial charge on any atom is -0.379 e. The molecule has 0 aliphatic rings. The van der Waals surface area contributed by atoms with Crippen LogP contribution >= 0.6 is 7.82 Å². The van der Waals surface area contributed by atoms with Crippen LogP contribution in [-0.2, 0) is 28.1 Å². The predicted octanol–water partition coefficient (Wildman–Crippen LogP) is 3.08. The fourth-order valence-corrected chi connectivity index (χ4v) is 2.02. The van der Waals surface area contributed by atoms with Gasteiger partial charge in [-0.2, -0.15) is 0 Å². The molecule has 0 rings (SSSR count). The normalized spacial score (nSPS) is 14.2. The molecule has 8 heteroatoms. The topological polar surface area (TPSA) is 83.5 Å². The Bertz CT molecular complexity index is 241. The Balaban J connectivity index is 3.37. The summed E-state index contributed by atoms with van der Waals surface area (Å²) in [6.45, 7) is 6.01. The monoisotopic (exact) mass is 328 g/mol. The Morgan fingerprint density at radius 1 is 0.857 bits per heavy atom. The van der Waals surface area contributed by atoms with E-state index in [-0.39, 0.29) is 19.8 Å². The maximum absolute atomic E-state index is 11.4. The van der Waals surface area contributed by atoms with E-state index in [1.54, 1.807) is 0 Å². The first-order chi connectivity index (χ1) is 10.1. The quantitative estimate of drug-likeness (QED) is 0.202. The van der Waals surface area contributed by atoms with Crippen molar-refractivity contribution in [3.8, 4) is 0 Å². The van der Waals surface area contributed by atoms with E-state index in [1.807, 2.05) is 6.92 Å². The first kappa shape index (κ1) is 21.0. The van der Waals surface area contributed by atoms with Gasteiger partial charge in [0.1, 0.15) is 0 Å². The second-order valence-electron chi connectivity index (χ2n) is 4.42. The van der Waals surface area contributed by atoms with Crippen LogP contribution in [0.3, 0.4) is 0 Å². The van der Waals surface area contributed by atoms with Crippen LogP contribution in [0.1, 0.15) is 46.0 Å². The van der Waals surface area contributed by atoms with Crippen LogP contribution in [0.5, 0.6) is 0 Å². The van der Waals surface area contributed by atoms with Gasteiger partial charge in [-0.3, -0.25) is 4.52 Å². The summed E-state index contributed by atoms with van der Waals surface area (Å²) >= 11 is 0. The molecule has 0 saturated heterocycles. The summed E-state index contributed by atoms with van der Waals surface area (Å²) in [6.07, 6.45) is 5.30. The minimum absolute atomic E-state index is 0.0419. The molecule has 1 atom stereocenters. The summed E-state index contributed by atoms with van der Waals surface area (Å²) in [7, 11) is -4.15. The van der Waals surface area contributed by atoms with Crippen molar-refractivity contribution in [2.45, 2.75) is 46.0 Å². The van der Waals surface area contributed by atoms with Gasteiger partial charge in [0.05, 0.1) is 33.0 Å². The molecule has 0 aromatic carbocycles. The molecule has 7 nitrogen and oxygen atoms in total. The highest BCUT2D eigenvalue weighted by atomic mass is 31.2. The van der Waals surface area contributed by atoms with Gasteiger partial charge in [0.2, 0.25) is 0 Å². The van der Waals surface area contributed by atoms with Gasteiger partial charge in [0.15, 0.2) is 0 Å². The lowest BCUT2D eigenvalue weighted by molar-refractivity contribution is -0.225. The number of ether oxygens (including phenoxy) is 2. The SMILES string of the molecule is CCCCCCCOOP(=O)(O)OCCOCCOCC. The Hall–Kier alpha value is -0.0100. The van der Waals surface area contributed by atoms with Crippen molar-refractivity contribution in [2.24, 2.45) is 0 Å². The van der Waals surface area contributed by atoms with Gasteiger partial charge in [-0.25, -0.2) is 9.45 Å². The Morgan fingerprint density at radius 2 is 1.52 bits per heavy atom. The largest absolute Gasteiger partial charge is 0.499 e. The Labute approximate surface area is 127 Å². The van der Waals surface area contributed by atoms with Crippen molar-refractivity contribution in [2.75, 3.05) is 39.6 Å². The van der Waals surface area contributed by atoms with Gasteiger partial charge >= 0.3 is 7.82 Å². The Kier molecular flexibility index (Phi) is 14.9. The minimum atomic E-state index is -4.15. The molecule has 0 aliphatic carbocycles. The first-order valence-corrected chi connectivity index (χ1v) is 9.06.